The fourth-order valence-electron chi connectivity index (χ4n) is 3.54. The van der Waals surface area contributed by atoms with Gasteiger partial charge in [0.25, 0.3) is 5.91 Å². The number of nitrogens with one attached hydrogen (secondary N) is 2. The number of esters is 1. The van der Waals surface area contributed by atoms with Crippen molar-refractivity contribution in [3.8, 4) is 0 Å². The molecule has 8 nitrogen and oxygen atoms in total. The number of amides is 4. The summed E-state index contributed by atoms with van der Waals surface area (Å²) in [7, 11) is 1.25. The first-order valence-corrected chi connectivity index (χ1v) is 9.87. The highest BCUT2D eigenvalue weighted by molar-refractivity contribution is 6.09. The second-order valence-electron chi connectivity index (χ2n) is 7.30. The van der Waals surface area contributed by atoms with Crippen LogP contribution in [0.15, 0.2) is 30.3 Å². The Balaban J connectivity index is 2.20. The van der Waals surface area contributed by atoms with Crippen LogP contribution in [0.2, 0.25) is 0 Å². The molecule has 2 rings (SSSR count). The number of carbonyl (C=O) groups is 4. The van der Waals surface area contributed by atoms with E-state index in [1.54, 1.807) is 24.3 Å². The first-order chi connectivity index (χ1) is 13.8. The maximum atomic E-state index is 13.2. The van der Waals surface area contributed by atoms with Crippen molar-refractivity contribution >= 4 is 23.8 Å². The van der Waals surface area contributed by atoms with Crippen LogP contribution in [0.5, 0.6) is 0 Å². The van der Waals surface area contributed by atoms with Gasteiger partial charge < -0.3 is 15.4 Å². The Labute approximate surface area is 171 Å². The minimum absolute atomic E-state index is 0.155. The summed E-state index contributed by atoms with van der Waals surface area (Å²) in [6.07, 6.45) is 1.73. The van der Waals surface area contributed by atoms with E-state index < -0.39 is 41.9 Å². The van der Waals surface area contributed by atoms with E-state index >= 15 is 0 Å². The van der Waals surface area contributed by atoms with E-state index in [4.69, 9.17) is 4.74 Å². The molecule has 8 heteroatoms. The lowest BCUT2D eigenvalue weighted by atomic mass is 9.85. The molecule has 0 aliphatic carbocycles. The molecule has 0 unspecified atom stereocenters. The molecule has 1 aromatic rings. The third-order valence-corrected chi connectivity index (χ3v) is 5.35. The van der Waals surface area contributed by atoms with E-state index in [9.17, 15) is 19.2 Å². The van der Waals surface area contributed by atoms with Gasteiger partial charge in [-0.3, -0.25) is 14.5 Å². The number of hydrogen-bond acceptors (Lipinski definition) is 5. The summed E-state index contributed by atoms with van der Waals surface area (Å²) >= 11 is 0. The van der Waals surface area contributed by atoms with Crippen molar-refractivity contribution in [3.05, 3.63) is 35.9 Å². The first kappa shape index (κ1) is 22.4. The zero-order valence-electron chi connectivity index (χ0n) is 17.4. The van der Waals surface area contributed by atoms with Crippen LogP contribution in [0.1, 0.15) is 45.6 Å². The third kappa shape index (κ3) is 4.58. The van der Waals surface area contributed by atoms with E-state index in [1.165, 1.54) is 7.11 Å². The molecule has 0 spiro atoms. The van der Waals surface area contributed by atoms with Crippen LogP contribution < -0.4 is 10.6 Å². The minimum Gasteiger partial charge on any atom is -0.467 e. The van der Waals surface area contributed by atoms with Gasteiger partial charge in [-0.25, -0.2) is 9.59 Å². The van der Waals surface area contributed by atoms with Gasteiger partial charge in [-0.1, -0.05) is 63.9 Å². The van der Waals surface area contributed by atoms with Crippen LogP contribution in [-0.4, -0.2) is 48.4 Å². The maximum Gasteiger partial charge on any atom is 0.328 e. The number of nitrogens with zero attached hydrogens (tertiary/aromatic N) is 1. The Kier molecular flexibility index (Phi) is 7.36. The summed E-state index contributed by atoms with van der Waals surface area (Å²) in [6.45, 7) is 5.17. The summed E-state index contributed by atoms with van der Waals surface area (Å²) in [5.41, 5.74) is -0.513. The zero-order valence-corrected chi connectivity index (χ0v) is 17.4. The van der Waals surface area contributed by atoms with Crippen LogP contribution in [0.4, 0.5) is 4.79 Å². The minimum atomic E-state index is -1.19. The monoisotopic (exact) mass is 403 g/mol. The summed E-state index contributed by atoms with van der Waals surface area (Å²) in [4.78, 5) is 51.2. The molecule has 0 saturated carbocycles. The average molecular weight is 403 g/mol. The second-order valence-corrected chi connectivity index (χ2v) is 7.30. The van der Waals surface area contributed by atoms with Crippen molar-refractivity contribution in [2.45, 2.75) is 51.6 Å². The zero-order chi connectivity index (χ0) is 21.6. The first-order valence-electron chi connectivity index (χ1n) is 9.87. The summed E-state index contributed by atoms with van der Waals surface area (Å²) in [5, 5.41) is 5.37. The molecule has 158 valence electrons. The van der Waals surface area contributed by atoms with Gasteiger partial charge in [-0.2, -0.15) is 0 Å². The molecule has 0 aromatic heterocycles. The second kappa shape index (κ2) is 9.54. The lowest BCUT2D eigenvalue weighted by Gasteiger charge is -2.27. The highest BCUT2D eigenvalue weighted by Gasteiger charge is 2.52. The molecule has 1 heterocycles. The molecule has 0 radical (unpaired) electrons. The lowest BCUT2D eigenvalue weighted by molar-refractivity contribution is -0.146. The van der Waals surface area contributed by atoms with Crippen molar-refractivity contribution in [1.82, 2.24) is 15.5 Å². The standard InChI is InChI=1S/C21H29N3O5/c1-5-12-21(15-10-8-7-9-11-15)19(27)24(20(28)23-21)13-16(25)22-17(14(3)6-2)18(26)29-4/h7-11,14,17H,5-6,12-13H2,1-4H3,(H,22,25)(H,23,28)/t14-,17+,21+/m0/s1. The van der Waals surface area contributed by atoms with Crippen molar-refractivity contribution in [2.75, 3.05) is 13.7 Å². The molecular formula is C21H29N3O5. The number of benzene rings is 1. The van der Waals surface area contributed by atoms with E-state index in [0.717, 1.165) is 4.90 Å². The van der Waals surface area contributed by atoms with Gasteiger partial charge in [0.05, 0.1) is 7.11 Å². The number of urea groups is 1. The Bertz CT molecular complexity index is 767. The normalized spacial score (nSPS) is 20.8. The van der Waals surface area contributed by atoms with E-state index in [2.05, 4.69) is 10.6 Å². The van der Waals surface area contributed by atoms with Crippen molar-refractivity contribution in [2.24, 2.45) is 5.92 Å². The van der Waals surface area contributed by atoms with Crippen LogP contribution in [0.25, 0.3) is 0 Å². The summed E-state index contributed by atoms with van der Waals surface area (Å²) in [5.74, 6) is -1.78. The average Bonchev–Trinajstić information content (AvgIpc) is 2.96. The molecule has 3 atom stereocenters. The van der Waals surface area contributed by atoms with Crippen LogP contribution in [0, 0.1) is 5.92 Å². The van der Waals surface area contributed by atoms with Gasteiger partial charge in [-0.05, 0) is 17.9 Å². The highest BCUT2D eigenvalue weighted by atomic mass is 16.5. The Morgan fingerprint density at radius 3 is 2.41 bits per heavy atom. The number of methoxy groups -OCH3 is 1. The third-order valence-electron chi connectivity index (χ3n) is 5.35. The van der Waals surface area contributed by atoms with Crippen molar-refractivity contribution < 1.29 is 23.9 Å². The van der Waals surface area contributed by atoms with Crippen LogP contribution in [0.3, 0.4) is 0 Å². The number of rotatable bonds is 9. The maximum absolute atomic E-state index is 13.2. The van der Waals surface area contributed by atoms with E-state index in [-0.39, 0.29) is 5.92 Å². The predicted octanol–water partition coefficient (Wildman–Crippen LogP) is 1.94. The van der Waals surface area contributed by atoms with Gasteiger partial charge in [0.15, 0.2) is 0 Å². The van der Waals surface area contributed by atoms with Gasteiger partial charge in [0, 0.05) is 0 Å². The molecule has 4 amide bonds. The summed E-state index contributed by atoms with van der Waals surface area (Å²) in [6, 6.07) is 7.54. The van der Waals surface area contributed by atoms with Gasteiger partial charge >= 0.3 is 12.0 Å². The molecule has 1 fully saturated rings. The molecule has 1 aromatic carbocycles. The van der Waals surface area contributed by atoms with Crippen molar-refractivity contribution in [1.29, 1.82) is 0 Å². The van der Waals surface area contributed by atoms with Gasteiger partial charge in [0.2, 0.25) is 5.91 Å². The Morgan fingerprint density at radius 1 is 1.21 bits per heavy atom. The number of carbonyl (C=O) groups excluding carboxylic acids is 4. The molecule has 2 N–H and O–H groups in total. The number of imide groups is 1. The molecule has 1 aliphatic rings. The molecule has 1 aliphatic heterocycles. The largest absolute Gasteiger partial charge is 0.467 e. The molecule has 29 heavy (non-hydrogen) atoms. The number of ether oxygens (including phenoxy) is 1. The van der Waals surface area contributed by atoms with Crippen LogP contribution in [-0.2, 0) is 24.7 Å². The smallest absolute Gasteiger partial charge is 0.328 e. The fourth-order valence-corrected chi connectivity index (χ4v) is 3.54. The van der Waals surface area contributed by atoms with Gasteiger partial charge in [0.1, 0.15) is 18.1 Å². The summed E-state index contributed by atoms with van der Waals surface area (Å²) < 4.78 is 4.76. The quantitative estimate of drug-likeness (QED) is 0.484. The topological polar surface area (TPSA) is 105 Å². The number of hydrogen-bond donors (Lipinski definition) is 2. The molecule has 0 bridgehead atoms. The molecule has 1 saturated heterocycles. The fraction of sp³-hybridized carbons (Fsp3) is 0.524. The van der Waals surface area contributed by atoms with Gasteiger partial charge in [-0.15, -0.1) is 0 Å². The lowest BCUT2D eigenvalue weighted by Crippen LogP contribution is -2.50. The van der Waals surface area contributed by atoms with Crippen molar-refractivity contribution in [3.63, 3.8) is 0 Å². The Morgan fingerprint density at radius 2 is 1.86 bits per heavy atom. The highest BCUT2D eigenvalue weighted by Crippen LogP contribution is 2.33. The van der Waals surface area contributed by atoms with E-state index in [1.807, 2.05) is 26.8 Å². The van der Waals surface area contributed by atoms with Crippen LogP contribution >= 0.6 is 0 Å². The predicted molar refractivity (Wildman–Crippen MR) is 107 cm³/mol. The molecular weight excluding hydrogens is 374 g/mol. The van der Waals surface area contributed by atoms with E-state index in [0.29, 0.717) is 24.8 Å². The SMILES string of the molecule is CCC[C@]1(c2ccccc2)NC(=O)N(CC(=O)N[C@@H](C(=O)OC)[C@@H](C)CC)C1=O. The Hall–Kier alpha value is -2.90.